The standard InChI is InChI=1S/C18H20ClNO3S/c1-13(16-9-4-5-10-17(16)19)20(2)18(21)15-8-6-7-14(11-15)12-24(3,22)23/h4-11,13H,12H2,1-3H3. The molecule has 0 aliphatic heterocycles. The Bertz CT molecular complexity index is 849. The molecule has 0 fully saturated rings. The average Bonchev–Trinajstić information content (AvgIpc) is 2.52. The van der Waals surface area contributed by atoms with Crippen molar-refractivity contribution < 1.29 is 13.2 Å². The summed E-state index contributed by atoms with van der Waals surface area (Å²) < 4.78 is 22.9. The third-order valence-corrected chi connectivity index (χ3v) is 5.06. The van der Waals surface area contributed by atoms with E-state index >= 15 is 0 Å². The first-order chi connectivity index (χ1) is 11.2. The summed E-state index contributed by atoms with van der Waals surface area (Å²) in [5.74, 6) is -0.268. The van der Waals surface area contributed by atoms with Crippen molar-refractivity contribution in [2.45, 2.75) is 18.7 Å². The van der Waals surface area contributed by atoms with E-state index in [-0.39, 0.29) is 17.7 Å². The fraction of sp³-hybridized carbons (Fsp3) is 0.278. The summed E-state index contributed by atoms with van der Waals surface area (Å²) in [6.07, 6.45) is 1.17. The average molecular weight is 366 g/mol. The molecular weight excluding hydrogens is 346 g/mol. The predicted octanol–water partition coefficient (Wildman–Crippen LogP) is 3.72. The highest BCUT2D eigenvalue weighted by Gasteiger charge is 2.21. The SMILES string of the molecule is CC(c1ccccc1Cl)N(C)C(=O)c1cccc(CS(C)(=O)=O)c1. The Morgan fingerprint density at radius 2 is 1.83 bits per heavy atom. The summed E-state index contributed by atoms with van der Waals surface area (Å²) in [7, 11) is -1.44. The number of amides is 1. The maximum absolute atomic E-state index is 12.7. The van der Waals surface area contributed by atoms with Gasteiger partial charge in [-0.25, -0.2) is 8.42 Å². The molecule has 0 saturated heterocycles. The van der Waals surface area contributed by atoms with Gasteiger partial charge in [0.15, 0.2) is 9.84 Å². The number of hydrogen-bond donors (Lipinski definition) is 0. The van der Waals surface area contributed by atoms with Gasteiger partial charge in [0.1, 0.15) is 0 Å². The molecule has 2 aromatic rings. The minimum Gasteiger partial charge on any atom is -0.335 e. The Hall–Kier alpha value is -1.85. The van der Waals surface area contributed by atoms with Crippen molar-refractivity contribution in [2.24, 2.45) is 0 Å². The topological polar surface area (TPSA) is 54.5 Å². The zero-order valence-electron chi connectivity index (χ0n) is 13.9. The van der Waals surface area contributed by atoms with Crippen LogP contribution < -0.4 is 0 Å². The van der Waals surface area contributed by atoms with Crippen LogP contribution in [0.4, 0.5) is 0 Å². The van der Waals surface area contributed by atoms with E-state index in [0.29, 0.717) is 16.1 Å². The van der Waals surface area contributed by atoms with Crippen LogP contribution in [0.5, 0.6) is 0 Å². The van der Waals surface area contributed by atoms with Crippen molar-refractivity contribution in [1.29, 1.82) is 0 Å². The molecule has 2 aromatic carbocycles. The zero-order valence-corrected chi connectivity index (χ0v) is 15.4. The molecule has 4 nitrogen and oxygen atoms in total. The summed E-state index contributed by atoms with van der Waals surface area (Å²) >= 11 is 6.21. The Kier molecular flexibility index (Phi) is 5.67. The van der Waals surface area contributed by atoms with Crippen molar-refractivity contribution in [3.05, 3.63) is 70.2 Å². The monoisotopic (exact) mass is 365 g/mol. The molecule has 6 heteroatoms. The highest BCUT2D eigenvalue weighted by molar-refractivity contribution is 7.89. The fourth-order valence-electron chi connectivity index (χ4n) is 2.50. The third-order valence-electron chi connectivity index (χ3n) is 3.86. The van der Waals surface area contributed by atoms with Gasteiger partial charge < -0.3 is 4.90 Å². The maximum atomic E-state index is 12.7. The number of sulfone groups is 1. The highest BCUT2D eigenvalue weighted by Crippen LogP contribution is 2.27. The van der Waals surface area contributed by atoms with Gasteiger partial charge in [0, 0.05) is 23.9 Å². The van der Waals surface area contributed by atoms with Gasteiger partial charge in [-0.05, 0) is 36.2 Å². The lowest BCUT2D eigenvalue weighted by Crippen LogP contribution is -2.29. The van der Waals surface area contributed by atoms with Gasteiger partial charge in [-0.1, -0.05) is 41.9 Å². The van der Waals surface area contributed by atoms with Gasteiger partial charge in [-0.2, -0.15) is 0 Å². The van der Waals surface area contributed by atoms with Crippen LogP contribution in [0, 0.1) is 0 Å². The van der Waals surface area contributed by atoms with Crippen LogP contribution in [0.1, 0.15) is 34.5 Å². The number of carbonyl (C=O) groups is 1. The van der Waals surface area contributed by atoms with E-state index in [1.807, 2.05) is 25.1 Å². The summed E-state index contributed by atoms with van der Waals surface area (Å²) in [4.78, 5) is 14.3. The molecule has 0 heterocycles. The number of hydrogen-bond acceptors (Lipinski definition) is 3. The zero-order chi connectivity index (χ0) is 17.9. The Morgan fingerprint density at radius 3 is 2.46 bits per heavy atom. The fourth-order valence-corrected chi connectivity index (χ4v) is 3.58. The van der Waals surface area contributed by atoms with E-state index in [1.54, 1.807) is 42.3 Å². The van der Waals surface area contributed by atoms with E-state index in [9.17, 15) is 13.2 Å². The normalized spacial score (nSPS) is 12.7. The van der Waals surface area contributed by atoms with E-state index in [0.717, 1.165) is 5.56 Å². The first-order valence-corrected chi connectivity index (χ1v) is 9.91. The molecule has 0 N–H and O–H groups in total. The van der Waals surface area contributed by atoms with Gasteiger partial charge in [0.2, 0.25) is 0 Å². The molecule has 128 valence electrons. The smallest absolute Gasteiger partial charge is 0.254 e. The summed E-state index contributed by atoms with van der Waals surface area (Å²) in [5.41, 5.74) is 1.92. The molecule has 1 unspecified atom stereocenters. The van der Waals surface area contributed by atoms with E-state index in [1.165, 1.54) is 6.26 Å². The van der Waals surface area contributed by atoms with Crippen molar-refractivity contribution >= 4 is 27.3 Å². The molecule has 0 saturated carbocycles. The number of carbonyl (C=O) groups excluding carboxylic acids is 1. The highest BCUT2D eigenvalue weighted by atomic mass is 35.5. The van der Waals surface area contributed by atoms with Crippen LogP contribution >= 0.6 is 11.6 Å². The van der Waals surface area contributed by atoms with E-state index < -0.39 is 9.84 Å². The van der Waals surface area contributed by atoms with Crippen molar-refractivity contribution in [2.75, 3.05) is 13.3 Å². The van der Waals surface area contributed by atoms with E-state index in [2.05, 4.69) is 0 Å². The number of rotatable bonds is 5. The predicted molar refractivity (Wildman–Crippen MR) is 97.0 cm³/mol. The van der Waals surface area contributed by atoms with E-state index in [4.69, 9.17) is 11.6 Å². The van der Waals surface area contributed by atoms with Gasteiger partial charge in [0.05, 0.1) is 11.8 Å². The molecule has 24 heavy (non-hydrogen) atoms. The van der Waals surface area contributed by atoms with Gasteiger partial charge in [-0.3, -0.25) is 4.79 Å². The lowest BCUT2D eigenvalue weighted by atomic mass is 10.1. The van der Waals surface area contributed by atoms with Crippen LogP contribution in [0.25, 0.3) is 0 Å². The lowest BCUT2D eigenvalue weighted by Gasteiger charge is -2.26. The third kappa shape index (κ3) is 4.58. The largest absolute Gasteiger partial charge is 0.335 e. The number of halogens is 1. The molecule has 2 rings (SSSR count). The van der Waals surface area contributed by atoms with Gasteiger partial charge >= 0.3 is 0 Å². The second-order valence-corrected chi connectivity index (χ2v) is 8.43. The Morgan fingerprint density at radius 1 is 1.17 bits per heavy atom. The summed E-state index contributed by atoms with van der Waals surface area (Å²) in [6.45, 7) is 1.90. The van der Waals surface area contributed by atoms with Crippen LogP contribution in [-0.4, -0.2) is 32.5 Å². The van der Waals surface area contributed by atoms with Crippen molar-refractivity contribution in [3.63, 3.8) is 0 Å². The van der Waals surface area contributed by atoms with Crippen molar-refractivity contribution in [1.82, 2.24) is 4.90 Å². The van der Waals surface area contributed by atoms with Crippen molar-refractivity contribution in [3.8, 4) is 0 Å². The summed E-state index contributed by atoms with van der Waals surface area (Å²) in [5, 5.41) is 0.607. The quantitative estimate of drug-likeness (QED) is 0.811. The number of benzene rings is 2. The minimum atomic E-state index is -3.15. The van der Waals surface area contributed by atoms with Crippen LogP contribution in [0.2, 0.25) is 5.02 Å². The lowest BCUT2D eigenvalue weighted by molar-refractivity contribution is 0.0742. The van der Waals surface area contributed by atoms with Crippen LogP contribution in [0.3, 0.4) is 0 Å². The number of nitrogens with zero attached hydrogens (tertiary/aromatic N) is 1. The first kappa shape index (κ1) is 18.5. The van der Waals surface area contributed by atoms with Gasteiger partial charge in [0.25, 0.3) is 5.91 Å². The minimum absolute atomic E-state index is 0.0854. The molecule has 1 amide bonds. The van der Waals surface area contributed by atoms with Crippen LogP contribution in [-0.2, 0) is 15.6 Å². The molecule has 0 aliphatic carbocycles. The molecule has 0 aromatic heterocycles. The molecule has 0 spiro atoms. The first-order valence-electron chi connectivity index (χ1n) is 7.47. The second kappa shape index (κ2) is 7.36. The Balaban J connectivity index is 2.25. The maximum Gasteiger partial charge on any atom is 0.254 e. The summed E-state index contributed by atoms with van der Waals surface area (Å²) in [6, 6.07) is 13.9. The Labute approximate surface area is 148 Å². The molecule has 0 radical (unpaired) electrons. The van der Waals surface area contributed by atoms with Gasteiger partial charge in [-0.15, -0.1) is 0 Å². The second-order valence-electron chi connectivity index (χ2n) is 5.88. The molecular formula is C18H20ClNO3S. The molecule has 0 aliphatic rings. The molecule has 1 atom stereocenters. The molecule has 0 bridgehead atoms. The van der Waals surface area contributed by atoms with Crippen LogP contribution in [0.15, 0.2) is 48.5 Å².